The molecule has 0 radical (unpaired) electrons. The predicted molar refractivity (Wildman–Crippen MR) is 127 cm³/mol. The number of nitrogens with zero attached hydrogens (tertiary/aromatic N) is 3. The van der Waals surface area contributed by atoms with Crippen molar-refractivity contribution in [1.82, 2.24) is 9.47 Å². The Bertz CT molecular complexity index is 1220. The van der Waals surface area contributed by atoms with Crippen molar-refractivity contribution in [3.8, 4) is 0 Å². The largest absolute Gasteiger partial charge is 0.465 e. The van der Waals surface area contributed by atoms with Crippen molar-refractivity contribution >= 4 is 49.2 Å². The predicted octanol–water partition coefficient (Wildman–Crippen LogP) is 1.38. The van der Waals surface area contributed by atoms with E-state index in [0.717, 1.165) is 42.5 Å². The highest BCUT2D eigenvalue weighted by Gasteiger charge is 2.25. The highest BCUT2D eigenvalue weighted by Crippen LogP contribution is 2.20. The van der Waals surface area contributed by atoms with E-state index in [1.807, 2.05) is 0 Å². The average Bonchev–Trinajstić information content (AvgIpc) is 2.94. The van der Waals surface area contributed by atoms with Crippen molar-refractivity contribution in [2.24, 2.45) is 4.99 Å². The van der Waals surface area contributed by atoms with Crippen LogP contribution in [0, 0.1) is 0 Å². The fraction of sp³-hybridized carbons (Fsp3) is 0.545. The van der Waals surface area contributed by atoms with E-state index in [9.17, 15) is 22.8 Å². The number of esters is 1. The minimum atomic E-state index is -3.97. The Labute approximate surface area is 202 Å². The zero-order valence-electron chi connectivity index (χ0n) is 19.3. The quantitative estimate of drug-likeness (QED) is 0.490. The number of thiazole rings is 1. The number of hydrogen-bond acceptors (Lipinski definition) is 8. The molecule has 0 N–H and O–H groups in total. The Balaban J connectivity index is 1.82. The van der Waals surface area contributed by atoms with Crippen molar-refractivity contribution in [3.05, 3.63) is 28.6 Å². The van der Waals surface area contributed by atoms with Crippen molar-refractivity contribution < 1.29 is 32.3 Å². The molecule has 1 aliphatic rings. The third kappa shape index (κ3) is 6.73. The van der Waals surface area contributed by atoms with Gasteiger partial charge in [-0.15, -0.1) is 0 Å². The van der Waals surface area contributed by atoms with Crippen LogP contribution in [0.5, 0.6) is 0 Å². The second-order valence-corrected chi connectivity index (χ2v) is 11.1. The van der Waals surface area contributed by atoms with Gasteiger partial charge in [-0.25, -0.2) is 13.2 Å². The number of fused-ring (bicyclic) bond motifs is 1. The standard InChI is InChI=1S/C22H29N3O7S2/c1-31-12-11-25-17-8-7-16(21(28)32-2)13-18(17)33-22(25)23-19(26)14-34(29,30)15-20(27)24-9-5-3-4-6-10-24/h7-8,13H,3-6,9-12,14-15H2,1-2H3. The van der Waals surface area contributed by atoms with Crippen LogP contribution in [0.4, 0.5) is 0 Å². The van der Waals surface area contributed by atoms with E-state index in [4.69, 9.17) is 9.47 Å². The molecule has 0 spiro atoms. The first-order valence-electron chi connectivity index (χ1n) is 11.0. The van der Waals surface area contributed by atoms with Gasteiger partial charge in [0.2, 0.25) is 5.91 Å². The SMILES string of the molecule is COCCn1c(=NC(=O)CS(=O)(=O)CC(=O)N2CCCCCC2)sc2cc(C(=O)OC)ccc21. The lowest BCUT2D eigenvalue weighted by atomic mass is 10.2. The van der Waals surface area contributed by atoms with Gasteiger partial charge >= 0.3 is 5.97 Å². The van der Waals surface area contributed by atoms with Crippen LogP contribution < -0.4 is 4.80 Å². The maximum Gasteiger partial charge on any atom is 0.337 e. The molecular formula is C22H29N3O7S2. The number of benzene rings is 1. The first kappa shape index (κ1) is 26.0. The first-order chi connectivity index (χ1) is 16.2. The van der Waals surface area contributed by atoms with Crippen LogP contribution >= 0.6 is 11.3 Å². The van der Waals surface area contributed by atoms with E-state index in [1.165, 1.54) is 7.11 Å². The number of sulfone groups is 1. The molecule has 0 unspecified atom stereocenters. The van der Waals surface area contributed by atoms with E-state index >= 15 is 0 Å². The number of methoxy groups -OCH3 is 2. The summed E-state index contributed by atoms with van der Waals surface area (Å²) in [6.45, 7) is 1.80. The van der Waals surface area contributed by atoms with Gasteiger partial charge < -0.3 is 18.9 Å². The third-order valence-electron chi connectivity index (χ3n) is 5.49. The number of carbonyl (C=O) groups is 3. The van der Waals surface area contributed by atoms with E-state index in [0.29, 0.717) is 36.5 Å². The Hall–Kier alpha value is -2.57. The number of hydrogen-bond donors (Lipinski definition) is 0. The summed E-state index contributed by atoms with van der Waals surface area (Å²) >= 11 is 1.15. The second kappa shape index (κ2) is 11.7. The van der Waals surface area contributed by atoms with Crippen LogP contribution in [0.25, 0.3) is 10.2 Å². The molecule has 0 bridgehead atoms. The highest BCUT2D eigenvalue weighted by atomic mass is 32.2. The zero-order valence-corrected chi connectivity index (χ0v) is 21.0. The van der Waals surface area contributed by atoms with Gasteiger partial charge in [-0.05, 0) is 31.0 Å². The molecule has 10 nitrogen and oxygen atoms in total. The average molecular weight is 512 g/mol. The monoisotopic (exact) mass is 511 g/mol. The van der Waals surface area contributed by atoms with Crippen molar-refractivity contribution in [3.63, 3.8) is 0 Å². The Morgan fingerprint density at radius 1 is 1.06 bits per heavy atom. The summed E-state index contributed by atoms with van der Waals surface area (Å²) in [7, 11) is -1.14. The fourth-order valence-electron chi connectivity index (χ4n) is 3.78. The lowest BCUT2D eigenvalue weighted by Gasteiger charge is -2.19. The minimum Gasteiger partial charge on any atom is -0.465 e. The second-order valence-electron chi connectivity index (χ2n) is 8.04. The fourth-order valence-corrected chi connectivity index (χ4v) is 5.99. The smallest absolute Gasteiger partial charge is 0.337 e. The van der Waals surface area contributed by atoms with Crippen LogP contribution in [0.15, 0.2) is 23.2 Å². The molecule has 1 fully saturated rings. The van der Waals surface area contributed by atoms with E-state index < -0.39 is 39.1 Å². The van der Waals surface area contributed by atoms with Gasteiger partial charge in [0.25, 0.3) is 5.91 Å². The van der Waals surface area contributed by atoms with Crippen molar-refractivity contribution in [1.29, 1.82) is 0 Å². The lowest BCUT2D eigenvalue weighted by Crippen LogP contribution is -2.37. The normalized spacial score (nSPS) is 15.4. The molecule has 0 aliphatic carbocycles. The number of ether oxygens (including phenoxy) is 2. The van der Waals surface area contributed by atoms with Crippen molar-refractivity contribution in [2.75, 3.05) is 45.4 Å². The summed E-state index contributed by atoms with van der Waals surface area (Å²) < 4.78 is 37.4. The van der Waals surface area contributed by atoms with Gasteiger partial charge in [0.05, 0.1) is 29.5 Å². The van der Waals surface area contributed by atoms with Crippen LogP contribution in [0.2, 0.25) is 0 Å². The minimum absolute atomic E-state index is 0.285. The summed E-state index contributed by atoms with van der Waals surface area (Å²) in [5.41, 5.74) is 1.07. The molecule has 0 saturated carbocycles. The van der Waals surface area contributed by atoms with Crippen LogP contribution in [0.3, 0.4) is 0 Å². The molecule has 1 aromatic carbocycles. The Morgan fingerprint density at radius 3 is 2.41 bits per heavy atom. The lowest BCUT2D eigenvalue weighted by molar-refractivity contribution is -0.128. The van der Waals surface area contributed by atoms with E-state index in [1.54, 1.807) is 34.8 Å². The molecule has 1 aromatic heterocycles. The van der Waals surface area contributed by atoms with Gasteiger partial charge in [-0.1, -0.05) is 24.2 Å². The number of aromatic nitrogens is 1. The topological polar surface area (TPSA) is 124 Å². The van der Waals surface area contributed by atoms with Gasteiger partial charge in [0.15, 0.2) is 14.6 Å². The van der Waals surface area contributed by atoms with Gasteiger partial charge in [0, 0.05) is 26.7 Å². The molecule has 2 aromatic rings. The van der Waals surface area contributed by atoms with Gasteiger partial charge in [-0.3, -0.25) is 9.59 Å². The molecule has 3 rings (SSSR count). The molecule has 1 aliphatic heterocycles. The molecule has 34 heavy (non-hydrogen) atoms. The van der Waals surface area contributed by atoms with E-state index in [2.05, 4.69) is 4.99 Å². The number of amides is 2. The number of likely N-dealkylation sites (tertiary alicyclic amines) is 1. The molecule has 1 saturated heterocycles. The zero-order chi connectivity index (χ0) is 24.7. The van der Waals surface area contributed by atoms with Crippen LogP contribution in [-0.2, 0) is 35.4 Å². The Kier molecular flexibility index (Phi) is 8.97. The molecule has 186 valence electrons. The maximum absolute atomic E-state index is 12.6. The summed E-state index contributed by atoms with van der Waals surface area (Å²) in [5.74, 6) is -3.36. The van der Waals surface area contributed by atoms with Gasteiger partial charge in [0.1, 0.15) is 11.5 Å². The summed E-state index contributed by atoms with van der Waals surface area (Å²) in [4.78, 5) is 42.8. The van der Waals surface area contributed by atoms with Crippen LogP contribution in [-0.4, -0.2) is 81.1 Å². The summed E-state index contributed by atoms with van der Waals surface area (Å²) in [6.07, 6.45) is 3.75. The Morgan fingerprint density at radius 2 is 1.76 bits per heavy atom. The molecular weight excluding hydrogens is 482 g/mol. The number of rotatable bonds is 8. The highest BCUT2D eigenvalue weighted by molar-refractivity contribution is 7.92. The maximum atomic E-state index is 12.6. The molecule has 12 heteroatoms. The summed E-state index contributed by atoms with van der Waals surface area (Å²) in [5, 5.41) is 0. The van der Waals surface area contributed by atoms with Crippen LogP contribution in [0.1, 0.15) is 36.0 Å². The molecule has 0 atom stereocenters. The third-order valence-corrected chi connectivity index (χ3v) is 7.90. The van der Waals surface area contributed by atoms with Gasteiger partial charge in [-0.2, -0.15) is 4.99 Å². The first-order valence-corrected chi connectivity index (χ1v) is 13.6. The van der Waals surface area contributed by atoms with E-state index in [-0.39, 0.29) is 4.80 Å². The molecule has 2 amide bonds. The molecule has 2 heterocycles. The van der Waals surface area contributed by atoms with Crippen molar-refractivity contribution in [2.45, 2.75) is 32.2 Å². The summed E-state index contributed by atoms with van der Waals surface area (Å²) in [6, 6.07) is 4.96. The number of carbonyl (C=O) groups excluding carboxylic acids is 3.